The lowest BCUT2D eigenvalue weighted by molar-refractivity contribution is 0.0693. The Morgan fingerprint density at radius 2 is 1.76 bits per heavy atom. The fourth-order valence-electron chi connectivity index (χ4n) is 2.12. The second-order valence-electron chi connectivity index (χ2n) is 4.41. The van der Waals surface area contributed by atoms with Gasteiger partial charge in [0.05, 0.1) is 11.1 Å². The van der Waals surface area contributed by atoms with E-state index in [-0.39, 0.29) is 16.7 Å². The first-order valence-electron chi connectivity index (χ1n) is 6.06. The lowest BCUT2D eigenvalue weighted by Gasteiger charge is -2.05. The molecule has 0 fully saturated rings. The van der Waals surface area contributed by atoms with Gasteiger partial charge in [-0.05, 0) is 24.3 Å². The highest BCUT2D eigenvalue weighted by molar-refractivity contribution is 6.15. The molecule has 104 valence electrons. The number of nitrogens with one attached hydrogen (secondary N) is 1. The number of hydrogen-bond acceptors (Lipinski definition) is 4. The molecule has 1 aromatic heterocycles. The fourth-order valence-corrected chi connectivity index (χ4v) is 2.12. The molecule has 0 saturated carbocycles. The summed E-state index contributed by atoms with van der Waals surface area (Å²) in [5.41, 5.74) is 1.02. The zero-order chi connectivity index (χ0) is 15.0. The van der Waals surface area contributed by atoms with Gasteiger partial charge in [0.15, 0.2) is 11.4 Å². The Morgan fingerprint density at radius 3 is 2.48 bits per heavy atom. The summed E-state index contributed by atoms with van der Waals surface area (Å²) in [7, 11) is 0. The number of H-pyrrole nitrogens is 1. The molecule has 0 aliphatic heterocycles. The molecule has 6 nitrogen and oxygen atoms in total. The molecule has 0 atom stereocenters. The lowest BCUT2D eigenvalue weighted by atomic mass is 9.98. The van der Waals surface area contributed by atoms with Gasteiger partial charge in [0.1, 0.15) is 0 Å². The van der Waals surface area contributed by atoms with Crippen LogP contribution in [-0.4, -0.2) is 21.8 Å². The van der Waals surface area contributed by atoms with E-state index in [1.807, 2.05) is 0 Å². The molecule has 0 aliphatic rings. The second-order valence-corrected chi connectivity index (χ2v) is 4.41. The molecule has 0 aliphatic carbocycles. The van der Waals surface area contributed by atoms with Crippen LogP contribution in [0.3, 0.4) is 0 Å². The summed E-state index contributed by atoms with van der Waals surface area (Å²) in [6.07, 6.45) is 0. The number of aromatic amines is 1. The topological polar surface area (TPSA) is 100 Å². The van der Waals surface area contributed by atoms with Crippen LogP contribution in [0.5, 0.6) is 0 Å². The van der Waals surface area contributed by atoms with Crippen LogP contribution in [0, 0.1) is 0 Å². The number of ketones is 1. The van der Waals surface area contributed by atoms with Crippen molar-refractivity contribution in [3.8, 4) is 0 Å². The largest absolute Gasteiger partial charge is 0.478 e. The fraction of sp³-hybridized carbons (Fsp3) is 0. The number of rotatable bonds is 3. The molecule has 2 aromatic carbocycles. The number of benzene rings is 2. The summed E-state index contributed by atoms with van der Waals surface area (Å²) in [4.78, 5) is 37.1. The van der Waals surface area contributed by atoms with E-state index in [1.54, 1.807) is 12.1 Å². The molecule has 0 amide bonds. The van der Waals surface area contributed by atoms with Crippen molar-refractivity contribution in [1.29, 1.82) is 0 Å². The predicted octanol–water partition coefficient (Wildman–Crippen LogP) is 2.05. The predicted molar refractivity (Wildman–Crippen MR) is 73.7 cm³/mol. The average molecular weight is 283 g/mol. The van der Waals surface area contributed by atoms with E-state index in [0.717, 1.165) is 0 Å². The van der Waals surface area contributed by atoms with Crippen molar-refractivity contribution in [3.63, 3.8) is 0 Å². The van der Waals surface area contributed by atoms with Crippen molar-refractivity contribution in [1.82, 2.24) is 4.98 Å². The van der Waals surface area contributed by atoms with Crippen LogP contribution in [0.1, 0.15) is 26.3 Å². The smallest absolute Gasteiger partial charge is 0.417 e. The van der Waals surface area contributed by atoms with E-state index in [9.17, 15) is 14.4 Å². The van der Waals surface area contributed by atoms with Gasteiger partial charge in [0.2, 0.25) is 0 Å². The van der Waals surface area contributed by atoms with E-state index in [4.69, 9.17) is 9.52 Å². The molecule has 1 heterocycles. The molecule has 0 radical (unpaired) electrons. The number of fused-ring (bicyclic) bond motifs is 1. The van der Waals surface area contributed by atoms with Gasteiger partial charge in [0.25, 0.3) is 0 Å². The van der Waals surface area contributed by atoms with Crippen molar-refractivity contribution >= 4 is 22.9 Å². The minimum absolute atomic E-state index is 0.0664. The molecule has 6 heteroatoms. The zero-order valence-electron chi connectivity index (χ0n) is 10.6. The Labute approximate surface area is 117 Å². The van der Waals surface area contributed by atoms with Crippen molar-refractivity contribution in [3.05, 3.63) is 69.7 Å². The maximum Gasteiger partial charge on any atom is 0.417 e. The molecular weight excluding hydrogens is 274 g/mol. The van der Waals surface area contributed by atoms with Crippen LogP contribution in [0.25, 0.3) is 11.1 Å². The second kappa shape index (κ2) is 4.75. The summed E-state index contributed by atoms with van der Waals surface area (Å²) in [6, 6.07) is 10.4. The number of carboxylic acids is 1. The number of aromatic nitrogens is 1. The lowest BCUT2D eigenvalue weighted by Crippen LogP contribution is -2.09. The van der Waals surface area contributed by atoms with Gasteiger partial charge in [-0.15, -0.1) is 0 Å². The maximum absolute atomic E-state index is 12.4. The number of carboxylic acid groups (broad SMARTS) is 1. The first-order valence-corrected chi connectivity index (χ1v) is 6.06. The Kier molecular flexibility index (Phi) is 2.91. The number of carbonyl (C=O) groups excluding carboxylic acids is 1. The number of hydrogen-bond donors (Lipinski definition) is 2. The average Bonchev–Trinajstić information content (AvgIpc) is 2.85. The highest BCUT2D eigenvalue weighted by atomic mass is 16.4. The van der Waals surface area contributed by atoms with Crippen molar-refractivity contribution in [2.75, 3.05) is 0 Å². The molecule has 0 spiro atoms. The highest BCUT2D eigenvalue weighted by Gasteiger charge is 2.18. The third-order valence-corrected chi connectivity index (χ3v) is 3.08. The van der Waals surface area contributed by atoms with E-state index in [0.29, 0.717) is 11.1 Å². The Bertz CT molecular complexity index is 919. The van der Waals surface area contributed by atoms with Gasteiger partial charge < -0.3 is 9.52 Å². The van der Waals surface area contributed by atoms with Gasteiger partial charge in [-0.2, -0.15) is 0 Å². The van der Waals surface area contributed by atoms with Gasteiger partial charge in [-0.25, -0.2) is 9.59 Å². The number of oxazole rings is 1. The Hall–Kier alpha value is -3.15. The minimum Gasteiger partial charge on any atom is -0.478 e. The summed E-state index contributed by atoms with van der Waals surface area (Å²) in [6.45, 7) is 0. The van der Waals surface area contributed by atoms with E-state index in [1.165, 1.54) is 30.3 Å². The summed E-state index contributed by atoms with van der Waals surface area (Å²) < 4.78 is 4.85. The zero-order valence-corrected chi connectivity index (χ0v) is 10.6. The first-order chi connectivity index (χ1) is 10.1. The molecule has 0 saturated heterocycles. The number of aromatic carboxylic acids is 1. The van der Waals surface area contributed by atoms with Gasteiger partial charge in [-0.1, -0.05) is 18.2 Å². The quantitative estimate of drug-likeness (QED) is 0.716. The van der Waals surface area contributed by atoms with Gasteiger partial charge in [0, 0.05) is 11.1 Å². The van der Waals surface area contributed by atoms with Crippen LogP contribution in [-0.2, 0) is 0 Å². The van der Waals surface area contributed by atoms with Crippen LogP contribution >= 0.6 is 0 Å². The van der Waals surface area contributed by atoms with Crippen molar-refractivity contribution in [2.45, 2.75) is 0 Å². The standard InChI is InChI=1S/C15H9NO5/c17-13(9-3-1-2-4-10(9)14(18)19)8-5-6-12-11(7-8)16-15(20)21-12/h1-7H,(H,16,20)(H,18,19). The van der Waals surface area contributed by atoms with E-state index in [2.05, 4.69) is 4.98 Å². The van der Waals surface area contributed by atoms with Gasteiger partial charge in [-0.3, -0.25) is 9.78 Å². The third kappa shape index (κ3) is 2.23. The SMILES string of the molecule is O=C(O)c1ccccc1C(=O)c1ccc2oc(=O)[nH]c2c1. The van der Waals surface area contributed by atoms with Crippen LogP contribution in [0.2, 0.25) is 0 Å². The molecule has 21 heavy (non-hydrogen) atoms. The minimum atomic E-state index is -1.17. The molecule has 3 aromatic rings. The van der Waals surface area contributed by atoms with Gasteiger partial charge >= 0.3 is 11.7 Å². The third-order valence-electron chi connectivity index (χ3n) is 3.08. The molecule has 3 rings (SSSR count). The Balaban J connectivity index is 2.12. The molecule has 0 unspecified atom stereocenters. The monoisotopic (exact) mass is 283 g/mol. The Morgan fingerprint density at radius 1 is 1.05 bits per heavy atom. The molecular formula is C15H9NO5. The first kappa shape index (κ1) is 12.9. The normalized spacial score (nSPS) is 10.7. The highest BCUT2D eigenvalue weighted by Crippen LogP contribution is 2.18. The molecule has 0 bridgehead atoms. The molecule has 2 N–H and O–H groups in total. The van der Waals surface area contributed by atoms with Crippen LogP contribution in [0.15, 0.2) is 51.7 Å². The van der Waals surface area contributed by atoms with E-state index >= 15 is 0 Å². The van der Waals surface area contributed by atoms with Crippen molar-refractivity contribution < 1.29 is 19.1 Å². The summed E-state index contributed by atoms with van der Waals surface area (Å²) in [5.74, 6) is -2.21. The van der Waals surface area contributed by atoms with Crippen LogP contribution < -0.4 is 5.76 Å². The maximum atomic E-state index is 12.4. The van der Waals surface area contributed by atoms with E-state index < -0.39 is 17.5 Å². The summed E-state index contributed by atoms with van der Waals surface area (Å²) >= 11 is 0. The number of carbonyl (C=O) groups is 2. The van der Waals surface area contributed by atoms with Crippen LogP contribution in [0.4, 0.5) is 0 Å². The van der Waals surface area contributed by atoms with Crippen molar-refractivity contribution in [2.24, 2.45) is 0 Å². The summed E-state index contributed by atoms with van der Waals surface area (Å²) in [5, 5.41) is 9.12.